The molecule has 3 nitrogen and oxygen atoms in total. The van der Waals surface area contributed by atoms with E-state index < -0.39 is 5.82 Å². The van der Waals surface area contributed by atoms with Gasteiger partial charge in [0.1, 0.15) is 11.9 Å². The molecular formula is C11H15ClFNO2. The quantitative estimate of drug-likeness (QED) is 0.890. The number of halogens is 2. The second-order valence-corrected chi connectivity index (χ2v) is 3.77. The van der Waals surface area contributed by atoms with Gasteiger partial charge < -0.3 is 15.2 Å². The zero-order valence-electron chi connectivity index (χ0n) is 8.98. The van der Waals surface area contributed by atoms with Crippen molar-refractivity contribution in [3.05, 3.63) is 24.0 Å². The molecule has 1 saturated carbocycles. The van der Waals surface area contributed by atoms with E-state index in [1.54, 1.807) is 12.1 Å². The maximum absolute atomic E-state index is 13.3. The van der Waals surface area contributed by atoms with Crippen LogP contribution in [0.5, 0.6) is 11.5 Å². The van der Waals surface area contributed by atoms with Crippen molar-refractivity contribution in [2.75, 3.05) is 7.11 Å². The van der Waals surface area contributed by atoms with Crippen LogP contribution in [0.2, 0.25) is 0 Å². The average molecular weight is 248 g/mol. The highest BCUT2D eigenvalue weighted by Gasteiger charge is 2.27. The topological polar surface area (TPSA) is 44.5 Å². The van der Waals surface area contributed by atoms with Gasteiger partial charge in [-0.2, -0.15) is 0 Å². The Morgan fingerprint density at radius 2 is 2.06 bits per heavy atom. The van der Waals surface area contributed by atoms with Crippen LogP contribution in [-0.4, -0.2) is 19.3 Å². The minimum atomic E-state index is -0.404. The molecule has 1 aliphatic rings. The fourth-order valence-corrected chi connectivity index (χ4v) is 1.62. The summed E-state index contributed by atoms with van der Waals surface area (Å²) in [6.07, 6.45) is 1.81. The lowest BCUT2D eigenvalue weighted by molar-refractivity contribution is 0.100. The Morgan fingerprint density at radius 1 is 1.38 bits per heavy atom. The molecule has 0 aliphatic heterocycles. The first-order chi connectivity index (χ1) is 7.19. The molecular weight excluding hydrogens is 233 g/mol. The fraction of sp³-hybridized carbons (Fsp3) is 0.455. The number of hydrogen-bond donors (Lipinski definition) is 1. The van der Waals surface area contributed by atoms with E-state index in [0.29, 0.717) is 5.75 Å². The summed E-state index contributed by atoms with van der Waals surface area (Å²) in [6, 6.07) is 4.83. The summed E-state index contributed by atoms with van der Waals surface area (Å²) in [4.78, 5) is 0. The number of ether oxygens (including phenoxy) is 2. The molecule has 0 bridgehead atoms. The van der Waals surface area contributed by atoms with Gasteiger partial charge in [-0.25, -0.2) is 4.39 Å². The van der Waals surface area contributed by atoms with E-state index in [9.17, 15) is 4.39 Å². The molecule has 0 spiro atoms. The summed E-state index contributed by atoms with van der Waals surface area (Å²) >= 11 is 0. The fourth-order valence-electron chi connectivity index (χ4n) is 1.62. The first kappa shape index (κ1) is 13.1. The number of benzene rings is 1. The normalized spacial score (nSPS) is 22.9. The molecule has 0 aromatic heterocycles. The van der Waals surface area contributed by atoms with Crippen molar-refractivity contribution in [1.29, 1.82) is 0 Å². The summed E-state index contributed by atoms with van der Waals surface area (Å²) in [5.74, 6) is 0.358. The Kier molecular flexibility index (Phi) is 4.38. The van der Waals surface area contributed by atoms with Gasteiger partial charge in [-0.15, -0.1) is 12.4 Å². The summed E-state index contributed by atoms with van der Waals surface area (Å²) < 4.78 is 23.6. The largest absolute Gasteiger partial charge is 0.494 e. The Morgan fingerprint density at radius 3 is 2.56 bits per heavy atom. The Bertz CT molecular complexity index is 356. The van der Waals surface area contributed by atoms with Crippen molar-refractivity contribution in [3.63, 3.8) is 0 Å². The van der Waals surface area contributed by atoms with Crippen LogP contribution in [-0.2, 0) is 0 Å². The molecule has 2 rings (SSSR count). The third kappa shape index (κ3) is 2.77. The minimum absolute atomic E-state index is 0. The van der Waals surface area contributed by atoms with Crippen molar-refractivity contribution in [3.8, 4) is 11.5 Å². The highest BCUT2D eigenvalue weighted by atomic mass is 35.5. The summed E-state index contributed by atoms with van der Waals surface area (Å²) in [5.41, 5.74) is 5.62. The van der Waals surface area contributed by atoms with Crippen LogP contribution in [0, 0.1) is 5.82 Å². The Balaban J connectivity index is 0.00000128. The summed E-state index contributed by atoms with van der Waals surface area (Å²) in [6.45, 7) is 0. The van der Waals surface area contributed by atoms with Gasteiger partial charge in [0.15, 0.2) is 11.6 Å². The van der Waals surface area contributed by atoms with Crippen LogP contribution in [0.3, 0.4) is 0 Å². The molecule has 0 heterocycles. The van der Waals surface area contributed by atoms with E-state index >= 15 is 0 Å². The van der Waals surface area contributed by atoms with E-state index in [0.717, 1.165) is 12.8 Å². The van der Waals surface area contributed by atoms with Crippen LogP contribution >= 0.6 is 12.4 Å². The Labute approximate surface area is 100 Å². The van der Waals surface area contributed by atoms with Gasteiger partial charge in [0.05, 0.1) is 7.11 Å². The van der Waals surface area contributed by atoms with Crippen molar-refractivity contribution >= 4 is 12.4 Å². The molecule has 16 heavy (non-hydrogen) atoms. The molecule has 2 N–H and O–H groups in total. The molecule has 0 radical (unpaired) electrons. The predicted octanol–water partition coefficient (Wildman–Crippen LogP) is 2.12. The summed E-state index contributed by atoms with van der Waals surface area (Å²) in [7, 11) is 1.43. The molecule has 1 aromatic rings. The molecule has 1 aromatic carbocycles. The first-order valence-corrected chi connectivity index (χ1v) is 4.95. The molecule has 1 aliphatic carbocycles. The van der Waals surface area contributed by atoms with Gasteiger partial charge in [0, 0.05) is 12.1 Å². The summed E-state index contributed by atoms with van der Waals surface area (Å²) in [5, 5.41) is 0. The maximum atomic E-state index is 13.3. The van der Waals surface area contributed by atoms with Gasteiger partial charge in [0.2, 0.25) is 0 Å². The van der Waals surface area contributed by atoms with Gasteiger partial charge in [0.25, 0.3) is 0 Å². The molecule has 90 valence electrons. The number of hydrogen-bond acceptors (Lipinski definition) is 3. The lowest BCUT2D eigenvalue weighted by atomic mass is 9.90. The average Bonchev–Trinajstić information content (AvgIpc) is 2.16. The van der Waals surface area contributed by atoms with E-state index in [1.807, 2.05) is 0 Å². The number of methoxy groups -OCH3 is 1. The van der Waals surface area contributed by atoms with Crippen LogP contribution < -0.4 is 15.2 Å². The number of nitrogens with two attached hydrogens (primary N) is 1. The van der Waals surface area contributed by atoms with Crippen molar-refractivity contribution in [2.24, 2.45) is 5.73 Å². The van der Waals surface area contributed by atoms with Crippen LogP contribution in [0.1, 0.15) is 12.8 Å². The van der Waals surface area contributed by atoms with E-state index in [4.69, 9.17) is 15.2 Å². The van der Waals surface area contributed by atoms with Crippen LogP contribution in [0.15, 0.2) is 18.2 Å². The second kappa shape index (κ2) is 5.37. The maximum Gasteiger partial charge on any atom is 0.168 e. The first-order valence-electron chi connectivity index (χ1n) is 4.95. The zero-order chi connectivity index (χ0) is 10.8. The third-order valence-corrected chi connectivity index (χ3v) is 2.56. The van der Waals surface area contributed by atoms with Crippen LogP contribution in [0.25, 0.3) is 0 Å². The monoisotopic (exact) mass is 247 g/mol. The SMILES string of the molecule is COc1ccc(O[C@H]2C[C@H](N)C2)cc1F.Cl. The second-order valence-electron chi connectivity index (χ2n) is 3.77. The van der Waals surface area contributed by atoms with Crippen molar-refractivity contribution in [1.82, 2.24) is 0 Å². The number of rotatable bonds is 3. The van der Waals surface area contributed by atoms with Crippen molar-refractivity contribution in [2.45, 2.75) is 25.0 Å². The van der Waals surface area contributed by atoms with Gasteiger partial charge in [-0.3, -0.25) is 0 Å². The minimum Gasteiger partial charge on any atom is -0.494 e. The van der Waals surface area contributed by atoms with E-state index in [1.165, 1.54) is 13.2 Å². The highest BCUT2D eigenvalue weighted by Crippen LogP contribution is 2.27. The third-order valence-electron chi connectivity index (χ3n) is 2.56. The van der Waals surface area contributed by atoms with E-state index in [-0.39, 0.29) is 30.3 Å². The standard InChI is InChI=1S/C11H14FNO2.ClH/c1-14-11-3-2-8(6-10(11)12)15-9-4-7(13)5-9;/h2-3,6-7,9H,4-5,13H2,1H3;1H/t7-,9-;. The Hall–Kier alpha value is -1.00. The molecule has 1 fully saturated rings. The predicted molar refractivity (Wildman–Crippen MR) is 61.8 cm³/mol. The van der Waals surface area contributed by atoms with Gasteiger partial charge >= 0.3 is 0 Å². The zero-order valence-corrected chi connectivity index (χ0v) is 9.80. The molecule has 5 heteroatoms. The molecule has 0 atom stereocenters. The highest BCUT2D eigenvalue weighted by molar-refractivity contribution is 5.85. The van der Waals surface area contributed by atoms with Crippen LogP contribution in [0.4, 0.5) is 4.39 Å². The van der Waals surface area contributed by atoms with Gasteiger partial charge in [-0.1, -0.05) is 0 Å². The smallest absolute Gasteiger partial charge is 0.168 e. The lowest BCUT2D eigenvalue weighted by Gasteiger charge is -2.32. The molecule has 0 unspecified atom stereocenters. The molecule has 0 saturated heterocycles. The lowest BCUT2D eigenvalue weighted by Crippen LogP contribution is -2.43. The van der Waals surface area contributed by atoms with E-state index in [2.05, 4.69) is 0 Å². The van der Waals surface area contributed by atoms with Gasteiger partial charge in [-0.05, 0) is 25.0 Å². The molecule has 0 amide bonds. The van der Waals surface area contributed by atoms with Crippen molar-refractivity contribution < 1.29 is 13.9 Å².